The highest BCUT2D eigenvalue weighted by Gasteiger charge is 2.22. The number of thioether (sulfide) groups is 2. The van der Waals surface area contributed by atoms with E-state index in [0.29, 0.717) is 0 Å². The molecular formula is C40H64N6S2. The van der Waals surface area contributed by atoms with Crippen molar-refractivity contribution >= 4 is 23.5 Å². The van der Waals surface area contributed by atoms with Crippen molar-refractivity contribution in [3.63, 3.8) is 0 Å². The molecule has 2 aliphatic heterocycles. The first kappa shape index (κ1) is 39.2. The highest BCUT2D eigenvalue weighted by atomic mass is 32.2. The molecule has 0 fully saturated rings. The smallest absolute Gasteiger partial charge is 0.0217 e. The molecule has 4 rings (SSSR count). The molecule has 0 aliphatic carbocycles. The van der Waals surface area contributed by atoms with Gasteiger partial charge in [0.2, 0.25) is 0 Å². The summed E-state index contributed by atoms with van der Waals surface area (Å²) >= 11 is 4.10. The van der Waals surface area contributed by atoms with Crippen molar-refractivity contribution in [1.82, 2.24) is 31.1 Å². The van der Waals surface area contributed by atoms with E-state index in [1.165, 1.54) is 43.2 Å². The minimum absolute atomic E-state index is 0.0839. The van der Waals surface area contributed by atoms with Gasteiger partial charge in [0.25, 0.3) is 0 Å². The van der Waals surface area contributed by atoms with Crippen molar-refractivity contribution < 1.29 is 0 Å². The lowest BCUT2D eigenvalue weighted by Crippen LogP contribution is -2.37. The van der Waals surface area contributed by atoms with E-state index in [9.17, 15) is 0 Å². The van der Waals surface area contributed by atoms with Crippen molar-refractivity contribution in [3.8, 4) is 0 Å². The Balaban J connectivity index is 1.78. The molecule has 2 aromatic rings. The van der Waals surface area contributed by atoms with E-state index in [1.807, 2.05) is 35.7 Å². The number of fused-ring (bicyclic) bond motifs is 3. The molecule has 0 saturated heterocycles. The molecule has 2 heterocycles. The lowest BCUT2D eigenvalue weighted by atomic mass is 9.85. The van der Waals surface area contributed by atoms with Crippen molar-refractivity contribution in [3.05, 3.63) is 83.0 Å². The highest BCUT2D eigenvalue weighted by Crippen LogP contribution is 2.37. The first-order chi connectivity index (χ1) is 23.0. The molecule has 0 unspecified atom stereocenters. The van der Waals surface area contributed by atoms with Crippen LogP contribution in [0.15, 0.2) is 59.4 Å². The summed E-state index contributed by atoms with van der Waals surface area (Å²) in [5.41, 5.74) is 8.73. The molecule has 2 bridgehead atoms. The van der Waals surface area contributed by atoms with Gasteiger partial charge in [-0.25, -0.2) is 0 Å². The van der Waals surface area contributed by atoms with Gasteiger partial charge in [-0.2, -0.15) is 0 Å². The Morgan fingerprint density at radius 1 is 0.562 bits per heavy atom. The summed E-state index contributed by atoms with van der Waals surface area (Å²) in [6, 6.07) is 9.92. The van der Waals surface area contributed by atoms with Gasteiger partial charge in [-0.3, -0.25) is 9.80 Å². The van der Waals surface area contributed by atoms with Crippen LogP contribution in [0.2, 0.25) is 0 Å². The molecule has 48 heavy (non-hydrogen) atoms. The van der Waals surface area contributed by atoms with E-state index in [0.717, 1.165) is 103 Å². The third-order valence-electron chi connectivity index (χ3n) is 9.25. The van der Waals surface area contributed by atoms with Crippen LogP contribution in [-0.2, 0) is 37.0 Å². The van der Waals surface area contributed by atoms with Crippen LogP contribution >= 0.6 is 23.5 Å². The third-order valence-corrected chi connectivity index (χ3v) is 12.0. The number of benzene rings is 2. The molecule has 0 aromatic heterocycles. The van der Waals surface area contributed by atoms with E-state index >= 15 is 0 Å². The van der Waals surface area contributed by atoms with Gasteiger partial charge in [0.05, 0.1) is 0 Å². The van der Waals surface area contributed by atoms with Crippen molar-refractivity contribution in [2.45, 2.75) is 88.3 Å². The summed E-state index contributed by atoms with van der Waals surface area (Å²) in [5.74, 6) is 2.14. The monoisotopic (exact) mass is 692 g/mol. The number of hydrogen-bond donors (Lipinski definition) is 4. The fraction of sp³-hybridized carbons (Fsp3) is 0.600. The van der Waals surface area contributed by atoms with Gasteiger partial charge in [0, 0.05) is 113 Å². The van der Waals surface area contributed by atoms with Gasteiger partial charge >= 0.3 is 0 Å². The predicted octanol–water partition coefficient (Wildman–Crippen LogP) is 6.53. The Hall–Kier alpha value is -1.62. The molecule has 8 heteroatoms. The molecule has 2 aliphatic rings. The maximum atomic E-state index is 4.05. The second-order valence-electron chi connectivity index (χ2n) is 15.3. The molecule has 2 aromatic carbocycles. The molecule has 6 nitrogen and oxygen atoms in total. The molecule has 4 N–H and O–H groups in total. The zero-order valence-electron chi connectivity index (χ0n) is 30.9. The molecule has 0 saturated carbocycles. The van der Waals surface area contributed by atoms with Crippen LogP contribution < -0.4 is 21.3 Å². The lowest BCUT2D eigenvalue weighted by Gasteiger charge is -2.26. The SMILES string of the molecule is C=CCN1CCNCc2cc(C(C)(C)C)cc3c2SCCSc2c(cc(C(C)(C)C)cc2CNCCN(CC=C)CCNC3)CNCC1. The van der Waals surface area contributed by atoms with Crippen LogP contribution in [0.25, 0.3) is 0 Å². The van der Waals surface area contributed by atoms with Gasteiger partial charge in [0.1, 0.15) is 0 Å². The molecule has 266 valence electrons. The third kappa shape index (κ3) is 12.0. The summed E-state index contributed by atoms with van der Waals surface area (Å²) in [4.78, 5) is 7.92. The number of nitrogens with zero attached hydrogens (tertiary/aromatic N) is 2. The minimum atomic E-state index is 0.0839. The van der Waals surface area contributed by atoms with E-state index in [1.54, 1.807) is 0 Å². The summed E-state index contributed by atoms with van der Waals surface area (Å²) in [6.07, 6.45) is 4.07. The zero-order valence-corrected chi connectivity index (χ0v) is 32.5. The molecular weight excluding hydrogens is 629 g/mol. The number of nitrogens with one attached hydrogen (secondary N) is 4. The van der Waals surface area contributed by atoms with Crippen LogP contribution in [0.3, 0.4) is 0 Å². The van der Waals surface area contributed by atoms with Crippen LogP contribution in [0.1, 0.15) is 74.9 Å². The maximum absolute atomic E-state index is 4.05. The minimum Gasteiger partial charge on any atom is -0.311 e. The Bertz CT molecular complexity index is 1160. The van der Waals surface area contributed by atoms with Gasteiger partial charge < -0.3 is 21.3 Å². The number of hydrogen-bond acceptors (Lipinski definition) is 8. The molecule has 0 radical (unpaired) electrons. The van der Waals surface area contributed by atoms with E-state index in [2.05, 4.69) is 110 Å². The summed E-state index contributed by atoms with van der Waals surface area (Å²) in [5, 5.41) is 15.3. The average molecular weight is 693 g/mol. The van der Waals surface area contributed by atoms with Crippen LogP contribution in [0, 0.1) is 0 Å². The van der Waals surface area contributed by atoms with Crippen molar-refractivity contribution in [1.29, 1.82) is 0 Å². The largest absolute Gasteiger partial charge is 0.311 e. The Labute approximate surface area is 301 Å². The fourth-order valence-electron chi connectivity index (χ4n) is 6.35. The summed E-state index contributed by atoms with van der Waals surface area (Å²) in [7, 11) is 0. The quantitative estimate of drug-likeness (QED) is 0.270. The zero-order chi connectivity index (χ0) is 34.6. The van der Waals surface area contributed by atoms with Gasteiger partial charge in [-0.1, -0.05) is 78.0 Å². The fourth-order valence-corrected chi connectivity index (χ4v) is 8.69. The predicted molar refractivity (Wildman–Crippen MR) is 212 cm³/mol. The van der Waals surface area contributed by atoms with Gasteiger partial charge in [-0.15, -0.1) is 36.7 Å². The Morgan fingerprint density at radius 2 is 0.854 bits per heavy atom. The highest BCUT2D eigenvalue weighted by molar-refractivity contribution is 8.03. The van der Waals surface area contributed by atoms with Crippen molar-refractivity contribution in [2.75, 3.05) is 77.0 Å². The normalized spacial score (nSPS) is 19.2. The maximum Gasteiger partial charge on any atom is 0.0217 e. The molecule has 0 spiro atoms. The second-order valence-corrected chi connectivity index (χ2v) is 17.5. The summed E-state index contributed by atoms with van der Waals surface area (Å²) < 4.78 is 0. The topological polar surface area (TPSA) is 54.6 Å². The van der Waals surface area contributed by atoms with E-state index < -0.39 is 0 Å². The summed E-state index contributed by atoms with van der Waals surface area (Å²) in [6.45, 7) is 35.3. The van der Waals surface area contributed by atoms with Gasteiger partial charge in [-0.05, 0) is 44.2 Å². The standard InChI is InChI=1S/C40H64N6S2/c1-9-15-45-17-11-41-27-31-23-35(39(3,4)5)25-33-29-43-13-19-46(16-10-2)20-14-44-30-34-26-36(40(6,7)8)24-32(28-42-12-18-45)38(34)48-22-21-47-37(31)33/h9-10,23-26,41-44H,1-2,11-22,27-30H2,3-8H3. The average Bonchev–Trinajstić information content (AvgIpc) is 3.03. The molecule has 0 atom stereocenters. The Kier molecular flexibility index (Phi) is 15.6. The molecule has 0 amide bonds. The first-order valence-corrected chi connectivity index (χ1v) is 20.0. The van der Waals surface area contributed by atoms with Crippen LogP contribution in [0.4, 0.5) is 0 Å². The first-order valence-electron chi connectivity index (χ1n) is 18.1. The second kappa shape index (κ2) is 19.1. The van der Waals surface area contributed by atoms with E-state index in [-0.39, 0.29) is 10.8 Å². The van der Waals surface area contributed by atoms with Crippen LogP contribution in [0.5, 0.6) is 0 Å². The van der Waals surface area contributed by atoms with Crippen molar-refractivity contribution in [2.24, 2.45) is 0 Å². The lowest BCUT2D eigenvalue weighted by molar-refractivity contribution is 0.298. The van der Waals surface area contributed by atoms with Crippen LogP contribution in [-0.4, -0.2) is 86.8 Å². The number of rotatable bonds is 4. The Morgan fingerprint density at radius 3 is 1.10 bits per heavy atom. The van der Waals surface area contributed by atoms with E-state index in [4.69, 9.17) is 0 Å². The van der Waals surface area contributed by atoms with Gasteiger partial charge in [0.15, 0.2) is 0 Å².